The van der Waals surface area contributed by atoms with Gasteiger partial charge in [0.15, 0.2) is 0 Å². The number of rotatable bonds is 12. The lowest BCUT2D eigenvalue weighted by molar-refractivity contribution is -0.118. The molecule has 0 bridgehead atoms. The Kier molecular flexibility index (Phi) is 10.5. The van der Waals surface area contributed by atoms with E-state index in [1.54, 1.807) is 0 Å². The largest absolute Gasteiger partial charge is 0.508 e. The summed E-state index contributed by atoms with van der Waals surface area (Å²) in [5, 5.41) is 0. The summed E-state index contributed by atoms with van der Waals surface area (Å²) in [4.78, 5) is 12.0. The third-order valence-electron chi connectivity index (χ3n) is 2.57. The van der Waals surface area contributed by atoms with Gasteiger partial charge in [-0.1, -0.05) is 19.8 Å². The normalized spacial score (nSPS) is 11.8. The van der Waals surface area contributed by atoms with Crippen molar-refractivity contribution in [2.45, 2.75) is 59.4 Å². The fourth-order valence-electron chi connectivity index (χ4n) is 1.84. The summed E-state index contributed by atoms with van der Waals surface area (Å²) in [7, 11) is -2.77. The summed E-state index contributed by atoms with van der Waals surface area (Å²) in [6.45, 7) is 9.41. The first-order valence-corrected chi connectivity index (χ1v) is 9.00. The monoisotopic (exact) mass is 276 g/mol. The van der Waals surface area contributed by atoms with Crippen LogP contribution >= 0.6 is 0 Å². The van der Waals surface area contributed by atoms with Crippen molar-refractivity contribution in [1.29, 1.82) is 0 Å². The van der Waals surface area contributed by atoms with Crippen LogP contribution in [0.2, 0.25) is 6.04 Å². The molecule has 0 saturated heterocycles. The molecule has 0 aromatic rings. The van der Waals surface area contributed by atoms with Crippen LogP contribution in [0.25, 0.3) is 0 Å². The highest BCUT2D eigenvalue weighted by Crippen LogP contribution is 2.18. The SMILES string of the molecule is CCCCCC(=O)C[Si](OCC)(OCC)OCC. The van der Waals surface area contributed by atoms with Crippen LogP contribution in [0, 0.1) is 0 Å². The second-order valence-corrected chi connectivity index (χ2v) is 6.74. The average molecular weight is 276 g/mol. The molecule has 0 spiro atoms. The van der Waals surface area contributed by atoms with Crippen LogP contribution in [0.1, 0.15) is 53.4 Å². The van der Waals surface area contributed by atoms with Gasteiger partial charge in [-0.25, -0.2) is 0 Å². The summed E-state index contributed by atoms with van der Waals surface area (Å²) in [5.74, 6) is 0.200. The van der Waals surface area contributed by atoms with E-state index in [9.17, 15) is 4.79 Å². The average Bonchev–Trinajstić information content (AvgIpc) is 2.30. The van der Waals surface area contributed by atoms with Crippen LogP contribution in [0.15, 0.2) is 0 Å². The van der Waals surface area contributed by atoms with E-state index in [0.717, 1.165) is 19.3 Å². The maximum absolute atomic E-state index is 12.0. The molecule has 0 atom stereocenters. The van der Waals surface area contributed by atoms with Crippen LogP contribution in [0.3, 0.4) is 0 Å². The quantitative estimate of drug-likeness (QED) is 0.406. The predicted molar refractivity (Wildman–Crippen MR) is 74.6 cm³/mol. The Morgan fingerprint density at radius 1 is 0.889 bits per heavy atom. The fourth-order valence-corrected chi connectivity index (χ4v) is 4.38. The van der Waals surface area contributed by atoms with Gasteiger partial charge >= 0.3 is 8.80 Å². The molecule has 0 heterocycles. The minimum absolute atomic E-state index is 0.200. The highest BCUT2D eigenvalue weighted by Gasteiger charge is 2.42. The number of carbonyl (C=O) groups is 1. The molecule has 0 saturated carbocycles. The number of carbonyl (C=O) groups excluding carboxylic acids is 1. The smallest absolute Gasteiger partial charge is 0.373 e. The van der Waals surface area contributed by atoms with Gasteiger partial charge in [0.05, 0.1) is 6.04 Å². The van der Waals surface area contributed by atoms with Crippen LogP contribution in [-0.4, -0.2) is 34.4 Å². The number of unbranched alkanes of at least 4 members (excludes halogenated alkanes) is 2. The van der Waals surface area contributed by atoms with E-state index < -0.39 is 8.80 Å². The van der Waals surface area contributed by atoms with Crippen molar-refractivity contribution in [3.8, 4) is 0 Å². The van der Waals surface area contributed by atoms with Crippen LogP contribution in [0.4, 0.5) is 0 Å². The summed E-state index contributed by atoms with van der Waals surface area (Å²) >= 11 is 0. The van der Waals surface area contributed by atoms with E-state index in [2.05, 4.69) is 6.92 Å². The van der Waals surface area contributed by atoms with Gasteiger partial charge in [-0.3, -0.25) is 4.79 Å². The molecule has 0 rings (SSSR count). The minimum atomic E-state index is -2.77. The number of hydrogen-bond donors (Lipinski definition) is 0. The summed E-state index contributed by atoms with van der Waals surface area (Å²) < 4.78 is 17.0. The Morgan fingerprint density at radius 3 is 1.78 bits per heavy atom. The van der Waals surface area contributed by atoms with Gasteiger partial charge < -0.3 is 13.3 Å². The molecule has 0 aliphatic rings. The first-order valence-electron chi connectivity index (χ1n) is 7.07. The molecule has 0 unspecified atom stereocenters. The summed E-state index contributed by atoms with van der Waals surface area (Å²) in [6, 6.07) is 0.312. The van der Waals surface area contributed by atoms with Gasteiger partial charge in [-0.15, -0.1) is 0 Å². The molecule has 0 aliphatic heterocycles. The van der Waals surface area contributed by atoms with Crippen molar-refractivity contribution in [1.82, 2.24) is 0 Å². The molecule has 5 heteroatoms. The van der Waals surface area contributed by atoms with Gasteiger partial charge in [-0.2, -0.15) is 0 Å². The molecular formula is C13H28O4Si. The highest BCUT2D eigenvalue weighted by atomic mass is 28.4. The Bertz CT molecular complexity index is 204. The Balaban J connectivity index is 4.39. The molecule has 108 valence electrons. The van der Waals surface area contributed by atoms with Crippen molar-refractivity contribution >= 4 is 14.6 Å². The van der Waals surface area contributed by atoms with Crippen molar-refractivity contribution < 1.29 is 18.1 Å². The van der Waals surface area contributed by atoms with E-state index >= 15 is 0 Å². The van der Waals surface area contributed by atoms with E-state index in [-0.39, 0.29) is 5.78 Å². The van der Waals surface area contributed by atoms with Gasteiger partial charge in [0.2, 0.25) is 0 Å². The van der Waals surface area contributed by atoms with E-state index in [4.69, 9.17) is 13.3 Å². The zero-order valence-corrected chi connectivity index (χ0v) is 13.3. The third kappa shape index (κ3) is 7.26. The molecule has 18 heavy (non-hydrogen) atoms. The van der Waals surface area contributed by atoms with E-state index in [1.165, 1.54) is 0 Å². The second-order valence-electron chi connectivity index (χ2n) is 4.15. The lowest BCUT2D eigenvalue weighted by Crippen LogP contribution is -2.47. The van der Waals surface area contributed by atoms with Crippen LogP contribution < -0.4 is 0 Å². The van der Waals surface area contributed by atoms with Crippen LogP contribution in [0.5, 0.6) is 0 Å². The maximum atomic E-state index is 12.0. The summed E-state index contributed by atoms with van der Waals surface area (Å²) in [5.41, 5.74) is 0. The maximum Gasteiger partial charge on any atom is 0.508 e. The van der Waals surface area contributed by atoms with Crippen molar-refractivity contribution in [3.63, 3.8) is 0 Å². The minimum Gasteiger partial charge on any atom is -0.373 e. The molecule has 4 nitrogen and oxygen atoms in total. The van der Waals surface area contributed by atoms with Gasteiger partial charge in [0, 0.05) is 26.2 Å². The lowest BCUT2D eigenvalue weighted by Gasteiger charge is -2.27. The zero-order valence-electron chi connectivity index (χ0n) is 12.3. The predicted octanol–water partition coefficient (Wildman–Crippen LogP) is 3.18. The Labute approximate surface area is 112 Å². The second kappa shape index (κ2) is 10.7. The molecule has 0 aromatic heterocycles. The Hall–Kier alpha value is -0.233. The van der Waals surface area contributed by atoms with Crippen molar-refractivity contribution in [3.05, 3.63) is 0 Å². The standard InChI is InChI=1S/C13H28O4Si/c1-5-9-10-11-13(14)12-18(15-6-2,16-7-3)17-8-4/h5-12H2,1-4H3. The molecule has 0 fully saturated rings. The van der Waals surface area contributed by atoms with Crippen molar-refractivity contribution in [2.75, 3.05) is 19.8 Å². The molecule has 0 N–H and O–H groups in total. The van der Waals surface area contributed by atoms with Gasteiger partial charge in [0.25, 0.3) is 0 Å². The molecule has 0 radical (unpaired) electrons. The lowest BCUT2D eigenvalue weighted by atomic mass is 10.2. The first kappa shape index (κ1) is 17.8. The molecule has 0 aromatic carbocycles. The van der Waals surface area contributed by atoms with Gasteiger partial charge in [0.1, 0.15) is 5.78 Å². The highest BCUT2D eigenvalue weighted by molar-refractivity contribution is 6.64. The molecule has 0 aliphatic carbocycles. The molecule has 0 amide bonds. The topological polar surface area (TPSA) is 44.8 Å². The fraction of sp³-hybridized carbons (Fsp3) is 0.923. The number of ketones is 1. The third-order valence-corrected chi connectivity index (χ3v) is 5.58. The summed E-state index contributed by atoms with van der Waals surface area (Å²) in [6.07, 6.45) is 3.77. The Morgan fingerprint density at radius 2 is 1.39 bits per heavy atom. The van der Waals surface area contributed by atoms with E-state index in [0.29, 0.717) is 32.3 Å². The number of hydrogen-bond acceptors (Lipinski definition) is 4. The molecular weight excluding hydrogens is 248 g/mol. The van der Waals surface area contributed by atoms with Gasteiger partial charge in [-0.05, 0) is 27.2 Å². The van der Waals surface area contributed by atoms with E-state index in [1.807, 2.05) is 20.8 Å². The van der Waals surface area contributed by atoms with Crippen LogP contribution in [-0.2, 0) is 18.1 Å². The first-order chi connectivity index (χ1) is 8.64. The zero-order chi connectivity index (χ0) is 13.9. The number of Topliss-reactive ketones (excluding diaryl/α,β-unsaturated/α-hetero) is 1. The van der Waals surface area contributed by atoms with Crippen molar-refractivity contribution in [2.24, 2.45) is 0 Å².